The van der Waals surface area contributed by atoms with Crippen LogP contribution in [0.25, 0.3) is 16.8 Å². The van der Waals surface area contributed by atoms with Crippen LogP contribution < -0.4 is 5.32 Å². The summed E-state index contributed by atoms with van der Waals surface area (Å²) in [5.41, 5.74) is 1.93. The van der Waals surface area contributed by atoms with E-state index in [-0.39, 0.29) is 0 Å². The van der Waals surface area contributed by atoms with E-state index in [4.69, 9.17) is 5.26 Å². The molecule has 19 heavy (non-hydrogen) atoms. The van der Waals surface area contributed by atoms with Crippen molar-refractivity contribution in [3.8, 4) is 6.07 Å². The fraction of sp³-hybridized carbons (Fsp3) is 0.235. The molecule has 0 aromatic heterocycles. The van der Waals surface area contributed by atoms with Crippen LogP contribution in [0.1, 0.15) is 24.0 Å². The Hall–Kier alpha value is -2.11. The molecule has 0 unspecified atom stereocenters. The molecule has 0 saturated carbocycles. The van der Waals surface area contributed by atoms with Crippen LogP contribution >= 0.6 is 0 Å². The Morgan fingerprint density at radius 2 is 2.00 bits per heavy atom. The zero-order chi connectivity index (χ0) is 13.1. The maximum atomic E-state index is 8.89. The Balaban J connectivity index is 1.87. The zero-order valence-corrected chi connectivity index (χ0v) is 10.8. The lowest BCUT2D eigenvalue weighted by atomic mass is 10.0. The number of hydrogen-bond acceptors (Lipinski definition) is 2. The molecule has 1 atom stereocenters. The van der Waals surface area contributed by atoms with Gasteiger partial charge in [0.2, 0.25) is 0 Å². The molecule has 1 aliphatic heterocycles. The molecule has 0 amide bonds. The first-order valence-corrected chi connectivity index (χ1v) is 6.71. The molecule has 1 fully saturated rings. The predicted octanol–water partition coefficient (Wildman–Crippen LogP) is 3.48. The molecular formula is C17H16N2. The monoisotopic (exact) mass is 248 g/mol. The molecule has 3 rings (SSSR count). The smallest absolute Gasteiger partial charge is 0.0991 e. The van der Waals surface area contributed by atoms with Gasteiger partial charge in [-0.2, -0.15) is 5.26 Å². The summed E-state index contributed by atoms with van der Waals surface area (Å²) in [6.07, 6.45) is 6.93. The van der Waals surface area contributed by atoms with Gasteiger partial charge in [0.25, 0.3) is 0 Å². The number of nitrogens with one attached hydrogen (secondary N) is 1. The summed E-state index contributed by atoms with van der Waals surface area (Å²) in [7, 11) is 0. The Morgan fingerprint density at radius 3 is 2.79 bits per heavy atom. The molecule has 94 valence electrons. The van der Waals surface area contributed by atoms with Gasteiger partial charge in [0.1, 0.15) is 0 Å². The van der Waals surface area contributed by atoms with Crippen molar-refractivity contribution in [3.05, 3.63) is 53.6 Å². The van der Waals surface area contributed by atoms with Gasteiger partial charge < -0.3 is 5.32 Å². The van der Waals surface area contributed by atoms with Crippen LogP contribution in [0.4, 0.5) is 0 Å². The molecule has 1 saturated heterocycles. The van der Waals surface area contributed by atoms with Crippen LogP contribution in [0.3, 0.4) is 0 Å². The number of nitriles is 1. The van der Waals surface area contributed by atoms with E-state index in [0.29, 0.717) is 11.6 Å². The lowest BCUT2D eigenvalue weighted by Crippen LogP contribution is -2.17. The van der Waals surface area contributed by atoms with E-state index in [1.165, 1.54) is 23.8 Å². The average molecular weight is 248 g/mol. The Kier molecular flexibility index (Phi) is 3.31. The fourth-order valence-corrected chi connectivity index (χ4v) is 2.54. The molecular weight excluding hydrogens is 232 g/mol. The summed E-state index contributed by atoms with van der Waals surface area (Å²) in [5.74, 6) is 0. The SMILES string of the molecule is N#Cc1ccc2cc(/C=C/[C@@H]3CCCN3)ccc2c1. The quantitative estimate of drug-likeness (QED) is 0.883. The summed E-state index contributed by atoms with van der Waals surface area (Å²) >= 11 is 0. The first-order chi connectivity index (χ1) is 9.35. The molecule has 2 heteroatoms. The third-order valence-corrected chi connectivity index (χ3v) is 3.61. The number of hydrogen-bond donors (Lipinski definition) is 1. The van der Waals surface area contributed by atoms with Crippen molar-refractivity contribution in [3.63, 3.8) is 0 Å². The van der Waals surface area contributed by atoms with Crippen molar-refractivity contribution in [2.45, 2.75) is 18.9 Å². The minimum absolute atomic E-state index is 0.525. The van der Waals surface area contributed by atoms with E-state index in [0.717, 1.165) is 11.9 Å². The highest BCUT2D eigenvalue weighted by molar-refractivity contribution is 5.85. The highest BCUT2D eigenvalue weighted by atomic mass is 14.9. The van der Waals surface area contributed by atoms with Crippen LogP contribution in [0.15, 0.2) is 42.5 Å². The predicted molar refractivity (Wildman–Crippen MR) is 78.7 cm³/mol. The molecule has 0 aliphatic carbocycles. The Labute approximate surface area is 113 Å². The van der Waals surface area contributed by atoms with Gasteiger partial charge in [0, 0.05) is 6.04 Å². The van der Waals surface area contributed by atoms with Crippen molar-refractivity contribution < 1.29 is 0 Å². The van der Waals surface area contributed by atoms with E-state index in [1.807, 2.05) is 18.2 Å². The number of benzene rings is 2. The molecule has 2 aromatic rings. The minimum Gasteiger partial charge on any atom is -0.311 e. The molecule has 0 bridgehead atoms. The maximum Gasteiger partial charge on any atom is 0.0991 e. The van der Waals surface area contributed by atoms with Crippen LogP contribution in [0.5, 0.6) is 0 Å². The van der Waals surface area contributed by atoms with Gasteiger partial charge in [-0.3, -0.25) is 0 Å². The molecule has 0 radical (unpaired) electrons. The second-order valence-electron chi connectivity index (χ2n) is 5.00. The Morgan fingerprint density at radius 1 is 1.16 bits per heavy atom. The first kappa shape index (κ1) is 12.0. The topological polar surface area (TPSA) is 35.8 Å². The van der Waals surface area contributed by atoms with Crippen LogP contribution in [0, 0.1) is 11.3 Å². The largest absolute Gasteiger partial charge is 0.311 e. The van der Waals surface area contributed by atoms with E-state index >= 15 is 0 Å². The summed E-state index contributed by atoms with van der Waals surface area (Å²) < 4.78 is 0. The second kappa shape index (κ2) is 5.26. The van der Waals surface area contributed by atoms with Crippen LogP contribution in [0.2, 0.25) is 0 Å². The van der Waals surface area contributed by atoms with E-state index < -0.39 is 0 Å². The van der Waals surface area contributed by atoms with Gasteiger partial charge in [-0.05, 0) is 53.9 Å². The standard InChI is InChI=1S/C17H16N2/c18-12-14-4-7-15-10-13(3-6-16(15)11-14)5-8-17-2-1-9-19-17/h3-8,10-11,17,19H,1-2,9H2/b8-5+/t17-/m0/s1. The van der Waals surface area contributed by atoms with Crippen molar-refractivity contribution in [1.82, 2.24) is 5.32 Å². The second-order valence-corrected chi connectivity index (χ2v) is 5.00. The third-order valence-electron chi connectivity index (χ3n) is 3.61. The number of rotatable bonds is 2. The van der Waals surface area contributed by atoms with E-state index in [9.17, 15) is 0 Å². The Bertz CT molecular complexity index is 659. The maximum absolute atomic E-state index is 8.89. The van der Waals surface area contributed by atoms with Gasteiger partial charge in [0.15, 0.2) is 0 Å². The highest BCUT2D eigenvalue weighted by Gasteiger charge is 2.09. The number of fused-ring (bicyclic) bond motifs is 1. The van der Waals surface area contributed by atoms with Crippen molar-refractivity contribution in [2.24, 2.45) is 0 Å². The highest BCUT2D eigenvalue weighted by Crippen LogP contribution is 2.19. The molecule has 2 aromatic carbocycles. The van der Waals surface area contributed by atoms with E-state index in [1.54, 1.807) is 0 Å². The summed E-state index contributed by atoms with van der Waals surface area (Å²) in [4.78, 5) is 0. The first-order valence-electron chi connectivity index (χ1n) is 6.71. The van der Waals surface area contributed by atoms with Gasteiger partial charge in [-0.15, -0.1) is 0 Å². The molecule has 1 N–H and O–H groups in total. The van der Waals surface area contributed by atoms with Crippen molar-refractivity contribution in [2.75, 3.05) is 6.54 Å². The van der Waals surface area contributed by atoms with Crippen molar-refractivity contribution >= 4 is 16.8 Å². The lowest BCUT2D eigenvalue weighted by molar-refractivity contribution is 0.730. The number of nitrogens with zero attached hydrogens (tertiary/aromatic N) is 1. The minimum atomic E-state index is 0.525. The molecule has 0 spiro atoms. The van der Waals surface area contributed by atoms with Gasteiger partial charge in [0.05, 0.1) is 11.6 Å². The average Bonchev–Trinajstić information content (AvgIpc) is 2.97. The van der Waals surface area contributed by atoms with Crippen LogP contribution in [-0.2, 0) is 0 Å². The zero-order valence-electron chi connectivity index (χ0n) is 10.8. The van der Waals surface area contributed by atoms with Gasteiger partial charge >= 0.3 is 0 Å². The van der Waals surface area contributed by atoms with Gasteiger partial charge in [-0.25, -0.2) is 0 Å². The van der Waals surface area contributed by atoms with Gasteiger partial charge in [-0.1, -0.05) is 30.4 Å². The fourth-order valence-electron chi connectivity index (χ4n) is 2.54. The third kappa shape index (κ3) is 2.67. The molecule has 2 nitrogen and oxygen atoms in total. The van der Waals surface area contributed by atoms with Crippen molar-refractivity contribution in [1.29, 1.82) is 5.26 Å². The van der Waals surface area contributed by atoms with Crippen LogP contribution in [-0.4, -0.2) is 12.6 Å². The molecule has 1 heterocycles. The summed E-state index contributed by atoms with van der Waals surface area (Å²) in [6, 6.07) is 14.9. The summed E-state index contributed by atoms with van der Waals surface area (Å²) in [6.45, 7) is 1.13. The van der Waals surface area contributed by atoms with E-state index in [2.05, 4.69) is 41.7 Å². The summed E-state index contributed by atoms with van der Waals surface area (Å²) in [5, 5.41) is 14.6. The molecule has 1 aliphatic rings. The lowest BCUT2D eigenvalue weighted by Gasteiger charge is -2.03. The normalized spacial score (nSPS) is 19.0.